The van der Waals surface area contributed by atoms with E-state index in [9.17, 15) is 5.11 Å². The summed E-state index contributed by atoms with van der Waals surface area (Å²) in [6, 6.07) is 3.64. The average molecular weight is 373 g/mol. The predicted octanol–water partition coefficient (Wildman–Crippen LogP) is 2.45. The van der Waals surface area contributed by atoms with E-state index in [1.807, 2.05) is 10.6 Å². The number of pyridine rings is 1. The molecule has 134 valence electrons. The van der Waals surface area contributed by atoms with Gasteiger partial charge in [-0.1, -0.05) is 11.6 Å². The van der Waals surface area contributed by atoms with Crippen LogP contribution in [-0.2, 0) is 16.9 Å². The van der Waals surface area contributed by atoms with Gasteiger partial charge in [0.2, 0.25) is 5.88 Å². The number of hydrogen-bond donors (Lipinski definition) is 1. The number of fused-ring (bicyclic) bond motifs is 1. The molecule has 8 heteroatoms. The van der Waals surface area contributed by atoms with E-state index in [-0.39, 0.29) is 6.61 Å². The summed E-state index contributed by atoms with van der Waals surface area (Å²) in [7, 11) is 0. The van der Waals surface area contributed by atoms with E-state index in [2.05, 4.69) is 27.2 Å². The number of aromatic nitrogens is 4. The zero-order valence-corrected chi connectivity index (χ0v) is 14.7. The molecule has 0 amide bonds. The predicted molar refractivity (Wildman–Crippen MR) is 93.3 cm³/mol. The fraction of sp³-hybridized carbons (Fsp3) is 0.389. The molecule has 26 heavy (non-hydrogen) atoms. The number of aliphatic hydroxyl groups is 1. The van der Waals surface area contributed by atoms with Gasteiger partial charge >= 0.3 is 0 Å². The van der Waals surface area contributed by atoms with Gasteiger partial charge in [-0.05, 0) is 30.4 Å². The SMILES string of the molecule is OC1(c2cc(C3CC3)cn3cc(COc4cc(Cl)ncn4)nc23)COC1. The summed E-state index contributed by atoms with van der Waals surface area (Å²) in [6.07, 6.45) is 7.76. The summed E-state index contributed by atoms with van der Waals surface area (Å²) in [4.78, 5) is 12.5. The van der Waals surface area contributed by atoms with Crippen LogP contribution in [0, 0.1) is 0 Å². The lowest BCUT2D eigenvalue weighted by Gasteiger charge is -2.37. The Bertz CT molecular complexity index is 982. The Hall–Kier alpha value is -2.22. The van der Waals surface area contributed by atoms with Crippen molar-refractivity contribution in [2.75, 3.05) is 13.2 Å². The number of rotatable bonds is 5. The lowest BCUT2D eigenvalue weighted by Crippen LogP contribution is -2.46. The van der Waals surface area contributed by atoms with Crippen LogP contribution >= 0.6 is 11.6 Å². The molecule has 1 saturated heterocycles. The van der Waals surface area contributed by atoms with Crippen LogP contribution in [-0.4, -0.2) is 37.7 Å². The molecular weight excluding hydrogens is 356 g/mol. The molecule has 1 N–H and O–H groups in total. The highest BCUT2D eigenvalue weighted by atomic mass is 35.5. The van der Waals surface area contributed by atoms with E-state index in [1.54, 1.807) is 6.07 Å². The summed E-state index contributed by atoms with van der Waals surface area (Å²) >= 11 is 5.85. The summed E-state index contributed by atoms with van der Waals surface area (Å²) in [6.45, 7) is 0.853. The minimum atomic E-state index is -0.962. The molecule has 0 atom stereocenters. The Morgan fingerprint density at radius 1 is 1.27 bits per heavy atom. The maximum absolute atomic E-state index is 10.8. The number of hydrogen-bond acceptors (Lipinski definition) is 6. The molecule has 3 aromatic rings. The Morgan fingerprint density at radius 3 is 2.81 bits per heavy atom. The van der Waals surface area contributed by atoms with E-state index in [1.165, 1.54) is 24.7 Å². The van der Waals surface area contributed by atoms with Crippen LogP contribution in [0.3, 0.4) is 0 Å². The third-order valence-corrected chi connectivity index (χ3v) is 5.04. The zero-order chi connectivity index (χ0) is 17.7. The minimum absolute atomic E-state index is 0.252. The van der Waals surface area contributed by atoms with Crippen LogP contribution in [0.15, 0.2) is 30.9 Å². The van der Waals surface area contributed by atoms with Gasteiger partial charge < -0.3 is 19.0 Å². The molecule has 4 heterocycles. The van der Waals surface area contributed by atoms with Gasteiger partial charge in [0, 0.05) is 24.0 Å². The van der Waals surface area contributed by atoms with Crippen LogP contribution in [0.1, 0.15) is 35.6 Å². The zero-order valence-electron chi connectivity index (χ0n) is 13.9. The second-order valence-electron chi connectivity index (χ2n) is 6.92. The average Bonchev–Trinajstić information content (AvgIpc) is 3.37. The fourth-order valence-corrected chi connectivity index (χ4v) is 3.36. The molecular formula is C18H17ClN4O3. The summed E-state index contributed by atoms with van der Waals surface area (Å²) < 4.78 is 12.9. The van der Waals surface area contributed by atoms with Gasteiger partial charge in [0.25, 0.3) is 0 Å². The molecule has 1 aliphatic carbocycles. The van der Waals surface area contributed by atoms with Crippen molar-refractivity contribution >= 4 is 17.2 Å². The number of ether oxygens (including phenoxy) is 2. The summed E-state index contributed by atoms with van der Waals surface area (Å²) in [5.74, 6) is 0.972. The van der Waals surface area contributed by atoms with Crippen molar-refractivity contribution in [1.82, 2.24) is 19.4 Å². The normalized spacial score (nSPS) is 18.7. The first kappa shape index (κ1) is 16.0. The van der Waals surface area contributed by atoms with E-state index in [4.69, 9.17) is 21.1 Å². The largest absolute Gasteiger partial charge is 0.471 e. The third-order valence-electron chi connectivity index (χ3n) is 4.83. The van der Waals surface area contributed by atoms with Gasteiger partial charge in [-0.2, -0.15) is 0 Å². The lowest BCUT2D eigenvalue weighted by molar-refractivity contribution is -0.184. The van der Waals surface area contributed by atoms with Crippen molar-refractivity contribution in [3.63, 3.8) is 0 Å². The lowest BCUT2D eigenvalue weighted by atomic mass is 9.91. The van der Waals surface area contributed by atoms with Gasteiger partial charge in [-0.15, -0.1) is 0 Å². The standard InChI is InChI=1S/C18H17ClN4O3/c19-15-4-16(21-10-20-15)26-7-13-6-23-5-12(11-1-2-11)3-14(17(23)22-13)18(24)8-25-9-18/h3-6,10-11,24H,1-2,7-9H2. The van der Waals surface area contributed by atoms with Crippen molar-refractivity contribution in [1.29, 1.82) is 0 Å². The van der Waals surface area contributed by atoms with Gasteiger partial charge in [0.05, 0.1) is 18.9 Å². The molecule has 5 rings (SSSR count). The Balaban J connectivity index is 1.48. The molecule has 1 aliphatic heterocycles. The van der Waals surface area contributed by atoms with Crippen molar-refractivity contribution in [3.8, 4) is 5.88 Å². The van der Waals surface area contributed by atoms with Crippen LogP contribution in [0.25, 0.3) is 5.65 Å². The Kier molecular flexibility index (Phi) is 3.63. The van der Waals surface area contributed by atoms with Gasteiger partial charge in [0.1, 0.15) is 29.3 Å². The van der Waals surface area contributed by atoms with Gasteiger partial charge in [0.15, 0.2) is 0 Å². The Morgan fingerprint density at radius 2 is 2.12 bits per heavy atom. The second kappa shape index (κ2) is 5.90. The molecule has 2 aliphatic rings. The maximum atomic E-state index is 10.8. The first-order chi connectivity index (χ1) is 12.6. The monoisotopic (exact) mass is 372 g/mol. The van der Waals surface area contributed by atoms with Crippen LogP contribution in [0.5, 0.6) is 5.88 Å². The highest BCUT2D eigenvalue weighted by Crippen LogP contribution is 2.42. The highest BCUT2D eigenvalue weighted by Gasteiger charge is 2.41. The quantitative estimate of drug-likeness (QED) is 0.693. The van der Waals surface area contributed by atoms with Crippen molar-refractivity contribution in [2.24, 2.45) is 0 Å². The van der Waals surface area contributed by atoms with Gasteiger partial charge in [-0.25, -0.2) is 15.0 Å². The van der Waals surface area contributed by atoms with Crippen LogP contribution in [0.4, 0.5) is 0 Å². The van der Waals surface area contributed by atoms with Crippen molar-refractivity contribution in [2.45, 2.75) is 31.0 Å². The summed E-state index contributed by atoms with van der Waals surface area (Å²) in [5.41, 5.74) is 2.58. The number of halogens is 1. The molecule has 0 aromatic carbocycles. The Labute approximate surface area is 154 Å². The van der Waals surface area contributed by atoms with Crippen molar-refractivity contribution in [3.05, 3.63) is 52.8 Å². The van der Waals surface area contributed by atoms with Crippen LogP contribution in [0.2, 0.25) is 5.15 Å². The number of nitrogens with zero attached hydrogens (tertiary/aromatic N) is 4. The van der Waals surface area contributed by atoms with Gasteiger partial charge in [-0.3, -0.25) is 0 Å². The maximum Gasteiger partial charge on any atom is 0.218 e. The fourth-order valence-electron chi connectivity index (χ4n) is 3.22. The molecule has 0 radical (unpaired) electrons. The molecule has 0 unspecified atom stereocenters. The third kappa shape index (κ3) is 2.82. The first-order valence-electron chi connectivity index (χ1n) is 8.53. The molecule has 3 aromatic heterocycles. The van der Waals surface area contributed by atoms with E-state index in [0.29, 0.717) is 30.2 Å². The number of imidazole rings is 1. The molecule has 0 spiro atoms. The second-order valence-corrected chi connectivity index (χ2v) is 7.30. The molecule has 2 fully saturated rings. The highest BCUT2D eigenvalue weighted by molar-refractivity contribution is 6.29. The molecule has 0 bridgehead atoms. The smallest absolute Gasteiger partial charge is 0.218 e. The van der Waals surface area contributed by atoms with E-state index in [0.717, 1.165) is 16.9 Å². The minimum Gasteiger partial charge on any atom is -0.471 e. The molecule has 1 saturated carbocycles. The van der Waals surface area contributed by atoms with Crippen molar-refractivity contribution < 1.29 is 14.6 Å². The summed E-state index contributed by atoms with van der Waals surface area (Å²) in [5, 5.41) is 11.1. The topological polar surface area (TPSA) is 81.8 Å². The van der Waals surface area contributed by atoms with E-state index < -0.39 is 5.60 Å². The van der Waals surface area contributed by atoms with E-state index >= 15 is 0 Å². The first-order valence-corrected chi connectivity index (χ1v) is 8.91. The van der Waals surface area contributed by atoms with Crippen LogP contribution < -0.4 is 4.74 Å². The molecule has 7 nitrogen and oxygen atoms in total.